The van der Waals surface area contributed by atoms with E-state index in [0.717, 1.165) is 23.5 Å². The number of thiophene rings is 1. The van der Waals surface area contributed by atoms with Gasteiger partial charge in [0, 0.05) is 4.88 Å². The van der Waals surface area contributed by atoms with Crippen molar-refractivity contribution in [2.75, 3.05) is 4.72 Å². The van der Waals surface area contributed by atoms with Crippen molar-refractivity contribution < 1.29 is 17.9 Å². The van der Waals surface area contributed by atoms with Gasteiger partial charge in [-0.05, 0) is 30.7 Å². The maximum absolute atomic E-state index is 13.3. The zero-order chi connectivity index (χ0) is 15.8. The van der Waals surface area contributed by atoms with Crippen LogP contribution in [0.4, 0.5) is 10.1 Å². The van der Waals surface area contributed by atoms with Gasteiger partial charge in [-0.25, -0.2) is 12.8 Å². The summed E-state index contributed by atoms with van der Waals surface area (Å²) in [6.07, 6.45) is 0. The summed E-state index contributed by atoms with van der Waals surface area (Å²) in [5, 5.41) is 8.55. The lowest BCUT2D eigenvalue weighted by Gasteiger charge is -2.08. The number of anilines is 1. The number of aliphatic hydroxyl groups excluding tert-OH is 1. The summed E-state index contributed by atoms with van der Waals surface area (Å²) in [6, 6.07) is 3.72. The molecule has 21 heavy (non-hydrogen) atoms. The van der Waals surface area contributed by atoms with Crippen molar-refractivity contribution in [3.63, 3.8) is 0 Å². The van der Waals surface area contributed by atoms with Gasteiger partial charge in [0.25, 0.3) is 10.0 Å². The Labute approximate surface area is 135 Å². The number of aliphatic hydroxyl groups is 1. The Bertz CT molecular complexity index is 767. The third-order valence-corrected chi connectivity index (χ3v) is 6.27. The van der Waals surface area contributed by atoms with Gasteiger partial charge >= 0.3 is 0 Å². The molecule has 2 aromatic rings. The quantitative estimate of drug-likeness (QED) is 0.805. The molecule has 2 N–H and O–H groups in total. The second kappa shape index (κ2) is 6.10. The Morgan fingerprint density at radius 3 is 2.33 bits per heavy atom. The molecule has 1 heterocycles. The minimum absolute atomic E-state index is 0.0422. The number of benzene rings is 1. The maximum Gasteiger partial charge on any atom is 0.271 e. The van der Waals surface area contributed by atoms with Crippen LogP contribution < -0.4 is 4.72 Å². The molecular formula is C12H10Cl2FNO3S2. The van der Waals surface area contributed by atoms with E-state index in [1.807, 2.05) is 0 Å². The number of hydrogen-bond acceptors (Lipinski definition) is 4. The molecule has 0 radical (unpaired) electrons. The summed E-state index contributed by atoms with van der Waals surface area (Å²) in [4.78, 5) is 0.561. The lowest BCUT2D eigenvalue weighted by atomic mass is 10.3. The van der Waals surface area contributed by atoms with E-state index < -0.39 is 15.8 Å². The normalized spacial score (nSPS) is 11.7. The van der Waals surface area contributed by atoms with Gasteiger partial charge in [-0.2, -0.15) is 0 Å². The summed E-state index contributed by atoms with van der Waals surface area (Å²) in [7, 11) is -3.85. The summed E-state index contributed by atoms with van der Waals surface area (Å²) in [6.45, 7) is 1.47. The van der Waals surface area contributed by atoms with Crippen LogP contribution in [0.15, 0.2) is 22.4 Å². The molecule has 0 bridgehead atoms. The number of aryl methyl sites for hydroxylation is 1. The van der Waals surface area contributed by atoms with Crippen LogP contribution in [-0.2, 0) is 16.6 Å². The van der Waals surface area contributed by atoms with E-state index >= 15 is 0 Å². The van der Waals surface area contributed by atoms with Gasteiger partial charge < -0.3 is 5.11 Å². The average Bonchev–Trinajstić information content (AvgIpc) is 2.77. The lowest BCUT2D eigenvalue weighted by molar-refractivity contribution is 0.285. The minimum atomic E-state index is -3.85. The summed E-state index contributed by atoms with van der Waals surface area (Å²) in [5.74, 6) is -0.809. The molecule has 1 aromatic carbocycles. The summed E-state index contributed by atoms with van der Waals surface area (Å²) >= 11 is 12.2. The van der Waals surface area contributed by atoms with E-state index in [1.165, 1.54) is 6.07 Å². The minimum Gasteiger partial charge on any atom is -0.391 e. The Kier molecular flexibility index (Phi) is 4.79. The van der Waals surface area contributed by atoms with E-state index in [1.54, 1.807) is 6.92 Å². The second-order valence-electron chi connectivity index (χ2n) is 4.19. The Hall–Kier alpha value is -0.860. The van der Waals surface area contributed by atoms with Crippen LogP contribution in [0.2, 0.25) is 10.0 Å². The van der Waals surface area contributed by atoms with Gasteiger partial charge in [0.15, 0.2) is 5.82 Å². The Morgan fingerprint density at radius 2 is 1.86 bits per heavy atom. The van der Waals surface area contributed by atoms with E-state index in [-0.39, 0.29) is 26.5 Å². The average molecular weight is 370 g/mol. The predicted octanol–water partition coefficient (Wildman–Crippen LogP) is 3.80. The van der Waals surface area contributed by atoms with Gasteiger partial charge in [-0.15, -0.1) is 11.3 Å². The number of sulfonamides is 1. The lowest BCUT2D eigenvalue weighted by Crippen LogP contribution is -2.11. The number of halogens is 3. The first-order chi connectivity index (χ1) is 9.74. The van der Waals surface area contributed by atoms with E-state index in [2.05, 4.69) is 4.72 Å². The standard InChI is InChI=1S/C12H10Cl2FNO3S2/c1-6-2-11(20-10(6)5-17)21(18,19)16-7-3-8(13)12(15)9(14)4-7/h2-4,16-17H,5H2,1H3. The molecule has 0 saturated heterocycles. The molecule has 0 aliphatic carbocycles. The highest BCUT2D eigenvalue weighted by molar-refractivity contribution is 7.94. The molecule has 0 spiro atoms. The largest absolute Gasteiger partial charge is 0.391 e. The SMILES string of the molecule is Cc1cc(S(=O)(=O)Nc2cc(Cl)c(F)c(Cl)c2)sc1CO. The Morgan fingerprint density at radius 1 is 1.29 bits per heavy atom. The van der Waals surface area contributed by atoms with Gasteiger partial charge in [0.1, 0.15) is 4.21 Å². The fraction of sp³-hybridized carbons (Fsp3) is 0.167. The molecule has 0 unspecified atom stereocenters. The molecule has 0 atom stereocenters. The van der Waals surface area contributed by atoms with Crippen LogP contribution in [0, 0.1) is 12.7 Å². The molecule has 2 rings (SSSR count). The third kappa shape index (κ3) is 3.49. The van der Waals surface area contributed by atoms with E-state index in [4.69, 9.17) is 28.3 Å². The molecule has 1 aromatic heterocycles. The molecule has 0 amide bonds. The van der Waals surface area contributed by atoms with Gasteiger partial charge in [0.2, 0.25) is 0 Å². The highest BCUT2D eigenvalue weighted by Gasteiger charge is 2.20. The van der Waals surface area contributed by atoms with Crippen molar-refractivity contribution in [1.82, 2.24) is 0 Å². The van der Waals surface area contributed by atoms with Crippen molar-refractivity contribution >= 4 is 50.2 Å². The molecule has 0 aliphatic rings. The summed E-state index contributed by atoms with van der Waals surface area (Å²) < 4.78 is 40.1. The van der Waals surface area contributed by atoms with Crippen LogP contribution in [0.25, 0.3) is 0 Å². The molecular weight excluding hydrogens is 360 g/mol. The first-order valence-corrected chi connectivity index (χ1v) is 8.67. The molecule has 0 saturated carbocycles. The third-order valence-electron chi connectivity index (χ3n) is 2.64. The van der Waals surface area contributed by atoms with Crippen molar-refractivity contribution in [2.24, 2.45) is 0 Å². The summed E-state index contributed by atoms with van der Waals surface area (Å²) in [5.41, 5.74) is 0.737. The highest BCUT2D eigenvalue weighted by atomic mass is 35.5. The van der Waals surface area contributed by atoms with E-state index in [9.17, 15) is 12.8 Å². The molecule has 4 nitrogen and oxygen atoms in total. The topological polar surface area (TPSA) is 66.4 Å². The Balaban J connectivity index is 2.37. The second-order valence-corrected chi connectivity index (χ2v) is 8.05. The van der Waals surface area contributed by atoms with Crippen LogP contribution in [0.3, 0.4) is 0 Å². The van der Waals surface area contributed by atoms with Crippen molar-refractivity contribution in [3.05, 3.63) is 44.5 Å². The van der Waals surface area contributed by atoms with Crippen molar-refractivity contribution in [2.45, 2.75) is 17.7 Å². The van der Waals surface area contributed by atoms with Crippen molar-refractivity contribution in [1.29, 1.82) is 0 Å². The molecule has 9 heteroatoms. The monoisotopic (exact) mass is 369 g/mol. The fourth-order valence-electron chi connectivity index (χ4n) is 1.60. The fourth-order valence-corrected chi connectivity index (χ4v) is 4.57. The highest BCUT2D eigenvalue weighted by Crippen LogP contribution is 2.31. The van der Waals surface area contributed by atoms with E-state index in [0.29, 0.717) is 10.4 Å². The van der Waals surface area contributed by atoms with Crippen LogP contribution >= 0.6 is 34.5 Å². The maximum atomic E-state index is 13.3. The molecule has 0 aliphatic heterocycles. The van der Waals surface area contributed by atoms with Gasteiger partial charge in [-0.1, -0.05) is 23.2 Å². The van der Waals surface area contributed by atoms with Crippen molar-refractivity contribution in [3.8, 4) is 0 Å². The zero-order valence-corrected chi connectivity index (χ0v) is 13.8. The van der Waals surface area contributed by atoms with Gasteiger partial charge in [-0.3, -0.25) is 4.72 Å². The predicted molar refractivity (Wildman–Crippen MR) is 82.2 cm³/mol. The van der Waals surface area contributed by atoms with Crippen LogP contribution in [0.5, 0.6) is 0 Å². The number of nitrogens with one attached hydrogen (secondary N) is 1. The first-order valence-electron chi connectivity index (χ1n) is 5.62. The van der Waals surface area contributed by atoms with Crippen LogP contribution in [0.1, 0.15) is 10.4 Å². The smallest absolute Gasteiger partial charge is 0.271 e. The van der Waals surface area contributed by atoms with Gasteiger partial charge in [0.05, 0.1) is 22.3 Å². The number of hydrogen-bond donors (Lipinski definition) is 2. The number of rotatable bonds is 4. The van der Waals surface area contributed by atoms with Crippen LogP contribution in [-0.4, -0.2) is 13.5 Å². The molecule has 0 fully saturated rings. The molecule has 114 valence electrons. The first kappa shape index (κ1) is 16.5. The zero-order valence-electron chi connectivity index (χ0n) is 10.7.